The van der Waals surface area contributed by atoms with Gasteiger partial charge in [0.1, 0.15) is 5.01 Å². The van der Waals surface area contributed by atoms with Crippen LogP contribution in [0.15, 0.2) is 11.2 Å². The predicted octanol–water partition coefficient (Wildman–Crippen LogP) is 0.770. The van der Waals surface area contributed by atoms with Crippen molar-refractivity contribution in [1.82, 2.24) is 19.9 Å². The molecule has 126 valence electrons. The van der Waals surface area contributed by atoms with Crippen LogP contribution >= 0.6 is 35.3 Å². The largest absolute Gasteiger partial charge is 0.355 e. The Labute approximate surface area is 152 Å². The van der Waals surface area contributed by atoms with Gasteiger partial charge in [0.05, 0.1) is 12.3 Å². The summed E-state index contributed by atoms with van der Waals surface area (Å²) >= 11 is 1.64. The van der Waals surface area contributed by atoms with E-state index in [-0.39, 0.29) is 29.7 Å². The zero-order valence-corrected chi connectivity index (χ0v) is 16.7. The van der Waals surface area contributed by atoms with Gasteiger partial charge in [-0.2, -0.15) is 0 Å². The van der Waals surface area contributed by atoms with E-state index in [1.165, 1.54) is 9.18 Å². The van der Waals surface area contributed by atoms with Crippen molar-refractivity contribution in [3.05, 3.63) is 16.1 Å². The van der Waals surface area contributed by atoms with Gasteiger partial charge in [-0.1, -0.05) is 0 Å². The van der Waals surface area contributed by atoms with E-state index in [9.17, 15) is 8.42 Å². The smallest absolute Gasteiger partial charge is 0.214 e. The molecule has 0 aromatic carbocycles. The second-order valence-electron chi connectivity index (χ2n) is 4.79. The van der Waals surface area contributed by atoms with Gasteiger partial charge in [-0.25, -0.2) is 17.7 Å². The van der Waals surface area contributed by atoms with Crippen LogP contribution in [0.4, 0.5) is 0 Å². The Morgan fingerprint density at radius 2 is 2.27 bits per heavy atom. The van der Waals surface area contributed by atoms with Crippen molar-refractivity contribution < 1.29 is 8.42 Å². The molecule has 0 bridgehead atoms. The van der Waals surface area contributed by atoms with E-state index in [1.54, 1.807) is 18.4 Å². The van der Waals surface area contributed by atoms with Crippen LogP contribution in [0.2, 0.25) is 0 Å². The third-order valence-corrected chi connectivity index (χ3v) is 6.03. The number of rotatable bonds is 5. The molecule has 1 saturated heterocycles. The van der Waals surface area contributed by atoms with Crippen LogP contribution in [0.3, 0.4) is 0 Å². The lowest BCUT2D eigenvalue weighted by molar-refractivity contribution is 0.445. The second-order valence-corrected chi connectivity index (χ2v) is 8.19. The quantitative estimate of drug-likeness (QED) is 0.386. The fraction of sp³-hybridized carbons (Fsp3) is 0.667. The zero-order chi connectivity index (χ0) is 15.3. The van der Waals surface area contributed by atoms with Crippen LogP contribution in [0.1, 0.15) is 16.3 Å². The highest BCUT2D eigenvalue weighted by Crippen LogP contribution is 2.12. The Morgan fingerprint density at radius 1 is 1.50 bits per heavy atom. The van der Waals surface area contributed by atoms with Crippen LogP contribution in [0, 0.1) is 6.92 Å². The number of guanidine groups is 1. The van der Waals surface area contributed by atoms with Crippen molar-refractivity contribution in [2.24, 2.45) is 4.99 Å². The first-order chi connectivity index (χ1) is 10.0. The van der Waals surface area contributed by atoms with Crippen molar-refractivity contribution >= 4 is 51.3 Å². The van der Waals surface area contributed by atoms with E-state index in [0.717, 1.165) is 11.4 Å². The van der Waals surface area contributed by atoms with E-state index in [2.05, 4.69) is 20.6 Å². The number of hydrogen-bond acceptors (Lipinski definition) is 5. The molecule has 1 aliphatic heterocycles. The number of hydrogen-bond donors (Lipinski definition) is 2. The average Bonchev–Trinajstić information content (AvgIpc) is 2.99. The molecule has 22 heavy (non-hydrogen) atoms. The minimum Gasteiger partial charge on any atom is -0.355 e. The zero-order valence-electron chi connectivity index (χ0n) is 12.7. The number of aromatic nitrogens is 1. The maximum Gasteiger partial charge on any atom is 0.214 e. The number of nitrogens with zero attached hydrogens (tertiary/aromatic N) is 3. The molecule has 1 aromatic rings. The highest BCUT2D eigenvalue weighted by Gasteiger charge is 2.27. The van der Waals surface area contributed by atoms with Crippen molar-refractivity contribution in [3.63, 3.8) is 0 Å². The minimum absolute atomic E-state index is 0. The fourth-order valence-electron chi connectivity index (χ4n) is 2.10. The summed E-state index contributed by atoms with van der Waals surface area (Å²) in [6.45, 7) is 4.26. The Kier molecular flexibility index (Phi) is 8.00. The Balaban J connectivity index is 0.00000242. The highest BCUT2D eigenvalue weighted by atomic mass is 127. The summed E-state index contributed by atoms with van der Waals surface area (Å²) in [5.74, 6) is 0.920. The summed E-state index contributed by atoms with van der Waals surface area (Å²) in [5.41, 5.74) is 0. The molecule has 2 N–H and O–H groups in total. The van der Waals surface area contributed by atoms with Crippen molar-refractivity contribution in [3.8, 4) is 0 Å². The van der Waals surface area contributed by atoms with Crippen molar-refractivity contribution in [1.29, 1.82) is 0 Å². The molecular weight excluding hydrogens is 437 g/mol. The molecule has 0 unspecified atom stereocenters. The first-order valence-corrected chi connectivity index (χ1v) is 9.27. The highest BCUT2D eigenvalue weighted by molar-refractivity contribution is 14.0. The number of sulfonamides is 1. The maximum atomic E-state index is 11.7. The number of aliphatic imine (C=N–C) groups is 1. The predicted molar refractivity (Wildman–Crippen MR) is 100 cm³/mol. The van der Waals surface area contributed by atoms with Crippen LogP contribution in [-0.2, 0) is 16.6 Å². The molecule has 0 spiro atoms. The van der Waals surface area contributed by atoms with Gasteiger partial charge in [0.25, 0.3) is 0 Å². The standard InChI is InChI=1S/C12H21N5O2S2.HI/c1-10-8-15-11(20-10)9-16-12(13-2)14-4-6-17-5-3-7-21(17,18)19;/h8H,3-7,9H2,1-2H3,(H2,13,14,16);1H. The third-order valence-electron chi connectivity index (χ3n) is 3.16. The number of halogens is 1. The van der Waals surface area contributed by atoms with Crippen LogP contribution in [0.5, 0.6) is 0 Å². The normalized spacial score (nSPS) is 18.0. The minimum atomic E-state index is -3.02. The van der Waals surface area contributed by atoms with Crippen molar-refractivity contribution in [2.75, 3.05) is 32.4 Å². The molecule has 1 aromatic heterocycles. The van der Waals surface area contributed by atoms with Gasteiger partial charge in [-0.3, -0.25) is 4.99 Å². The summed E-state index contributed by atoms with van der Waals surface area (Å²) in [6, 6.07) is 0. The molecular formula is C12H22IN5O2S2. The topological polar surface area (TPSA) is 86.7 Å². The molecule has 7 nitrogen and oxygen atoms in total. The van der Waals surface area contributed by atoms with E-state index in [1.807, 2.05) is 13.1 Å². The summed E-state index contributed by atoms with van der Waals surface area (Å²) < 4.78 is 24.9. The Hall–Kier alpha value is -0.460. The van der Waals surface area contributed by atoms with Gasteiger partial charge in [0.2, 0.25) is 10.0 Å². The molecule has 2 rings (SSSR count). The first-order valence-electron chi connectivity index (χ1n) is 6.85. The molecule has 0 radical (unpaired) electrons. The van der Waals surface area contributed by atoms with E-state index in [4.69, 9.17) is 0 Å². The Morgan fingerprint density at radius 3 is 2.82 bits per heavy atom. The molecule has 0 atom stereocenters. The van der Waals surface area contributed by atoms with Gasteiger partial charge >= 0.3 is 0 Å². The van der Waals surface area contributed by atoms with Gasteiger partial charge < -0.3 is 10.6 Å². The van der Waals surface area contributed by atoms with Gasteiger partial charge in [0, 0.05) is 37.8 Å². The number of nitrogens with one attached hydrogen (secondary N) is 2. The summed E-state index contributed by atoms with van der Waals surface area (Å²) in [4.78, 5) is 9.56. The SMILES string of the molecule is CN=C(NCCN1CCCS1(=O)=O)NCc1ncc(C)s1.I. The first kappa shape index (κ1) is 19.6. The van der Waals surface area contributed by atoms with E-state index < -0.39 is 10.0 Å². The molecule has 1 aliphatic rings. The van der Waals surface area contributed by atoms with E-state index >= 15 is 0 Å². The molecule has 0 aliphatic carbocycles. The summed E-state index contributed by atoms with van der Waals surface area (Å²) in [6.07, 6.45) is 2.56. The number of thiazole rings is 1. The molecule has 1 fully saturated rings. The lowest BCUT2D eigenvalue weighted by atomic mass is 10.5. The van der Waals surface area contributed by atoms with Gasteiger partial charge in [0.15, 0.2) is 5.96 Å². The summed E-state index contributed by atoms with van der Waals surface area (Å²) in [7, 11) is -1.33. The molecule has 10 heteroatoms. The number of aryl methyl sites for hydroxylation is 1. The van der Waals surface area contributed by atoms with Crippen LogP contribution in [-0.4, -0.2) is 56.1 Å². The summed E-state index contributed by atoms with van der Waals surface area (Å²) in [5, 5.41) is 7.28. The molecule has 0 amide bonds. The fourth-order valence-corrected chi connectivity index (χ4v) is 4.36. The lowest BCUT2D eigenvalue weighted by Crippen LogP contribution is -2.41. The van der Waals surface area contributed by atoms with Gasteiger partial charge in [-0.15, -0.1) is 35.3 Å². The molecule has 2 heterocycles. The second kappa shape index (κ2) is 8.99. The van der Waals surface area contributed by atoms with Crippen LogP contribution < -0.4 is 10.6 Å². The van der Waals surface area contributed by atoms with Gasteiger partial charge in [-0.05, 0) is 13.3 Å². The Bertz CT molecular complexity index is 602. The van der Waals surface area contributed by atoms with Crippen LogP contribution in [0.25, 0.3) is 0 Å². The monoisotopic (exact) mass is 459 g/mol. The lowest BCUT2D eigenvalue weighted by Gasteiger charge is -2.16. The maximum absolute atomic E-state index is 11.7. The van der Waals surface area contributed by atoms with Crippen molar-refractivity contribution in [2.45, 2.75) is 19.9 Å². The molecule has 0 saturated carbocycles. The average molecular weight is 459 g/mol. The third kappa shape index (κ3) is 5.63. The van der Waals surface area contributed by atoms with E-state index in [0.29, 0.717) is 32.1 Å².